The van der Waals surface area contributed by atoms with Crippen LogP contribution in [0.5, 0.6) is 0 Å². The molecule has 9 heteroatoms. The lowest BCUT2D eigenvalue weighted by atomic mass is 10.2. The minimum absolute atomic E-state index is 0.00663. The van der Waals surface area contributed by atoms with Crippen molar-refractivity contribution in [3.8, 4) is 0 Å². The fraction of sp³-hybridized carbons (Fsp3) is 0.600. The minimum atomic E-state index is -4.46. The molecule has 0 N–H and O–H groups in total. The Kier molecular flexibility index (Phi) is 6.28. The smallest absolute Gasteiger partial charge is 0.417 e. The third-order valence-corrected chi connectivity index (χ3v) is 4.18. The van der Waals surface area contributed by atoms with Gasteiger partial charge in [-0.05, 0) is 19.0 Å². The number of methoxy groups -OCH3 is 1. The number of aromatic nitrogens is 1. The molecule has 0 aliphatic carbocycles. The van der Waals surface area contributed by atoms with Gasteiger partial charge in [-0.2, -0.15) is 13.2 Å². The summed E-state index contributed by atoms with van der Waals surface area (Å²) in [6, 6.07) is 0.907. The normalized spacial score (nSPS) is 16.8. The Labute approximate surface area is 143 Å². The number of anilines is 1. The number of hydrogen-bond acceptors (Lipinski definition) is 5. The Bertz CT molecular complexity index is 584. The van der Waals surface area contributed by atoms with Gasteiger partial charge in [0.2, 0.25) is 0 Å². The molecule has 1 aliphatic rings. The van der Waals surface area contributed by atoms with E-state index in [0.717, 1.165) is 25.2 Å². The van der Waals surface area contributed by atoms with Gasteiger partial charge < -0.3 is 14.5 Å². The van der Waals surface area contributed by atoms with Crippen LogP contribution in [0.1, 0.15) is 18.4 Å². The van der Waals surface area contributed by atoms with Gasteiger partial charge in [-0.15, -0.1) is 0 Å². The van der Waals surface area contributed by atoms with E-state index in [-0.39, 0.29) is 11.0 Å². The number of ether oxygens (including phenoxy) is 1. The number of carbonyl (C=O) groups excluding carboxylic acids is 1. The highest BCUT2D eigenvalue weighted by Gasteiger charge is 2.32. The van der Waals surface area contributed by atoms with Crippen molar-refractivity contribution in [1.29, 1.82) is 0 Å². The van der Waals surface area contributed by atoms with Crippen LogP contribution in [0, 0.1) is 0 Å². The Morgan fingerprint density at radius 3 is 2.71 bits per heavy atom. The van der Waals surface area contributed by atoms with Crippen molar-refractivity contribution < 1.29 is 22.7 Å². The summed E-state index contributed by atoms with van der Waals surface area (Å²) < 4.78 is 42.7. The molecule has 134 valence electrons. The largest absolute Gasteiger partial charge is 0.469 e. The van der Waals surface area contributed by atoms with Crippen molar-refractivity contribution >= 4 is 23.4 Å². The third kappa shape index (κ3) is 4.98. The summed E-state index contributed by atoms with van der Waals surface area (Å²) in [7, 11) is 1.35. The molecule has 2 rings (SSSR count). The van der Waals surface area contributed by atoms with Gasteiger partial charge in [0.1, 0.15) is 5.82 Å². The lowest BCUT2D eigenvalue weighted by Gasteiger charge is -2.23. The fourth-order valence-corrected chi connectivity index (χ4v) is 2.86. The zero-order valence-electron chi connectivity index (χ0n) is 13.3. The molecule has 1 aromatic rings. The molecule has 1 fully saturated rings. The van der Waals surface area contributed by atoms with Crippen LogP contribution in [-0.2, 0) is 15.7 Å². The monoisotopic (exact) mass is 365 g/mol. The topological polar surface area (TPSA) is 45.7 Å². The molecule has 0 unspecified atom stereocenters. The average molecular weight is 366 g/mol. The van der Waals surface area contributed by atoms with E-state index in [1.807, 2.05) is 4.90 Å². The lowest BCUT2D eigenvalue weighted by molar-refractivity contribution is -0.141. The van der Waals surface area contributed by atoms with E-state index in [2.05, 4.69) is 14.6 Å². The second kappa shape index (κ2) is 8.02. The molecule has 0 aromatic carbocycles. The number of esters is 1. The number of pyridine rings is 1. The Morgan fingerprint density at radius 2 is 2.08 bits per heavy atom. The summed E-state index contributed by atoms with van der Waals surface area (Å²) >= 11 is 6.00. The van der Waals surface area contributed by atoms with Gasteiger partial charge >= 0.3 is 12.1 Å². The van der Waals surface area contributed by atoms with E-state index in [0.29, 0.717) is 38.4 Å². The highest BCUT2D eigenvalue weighted by molar-refractivity contribution is 6.33. The first kappa shape index (κ1) is 18.8. The number of nitrogens with zero attached hydrogens (tertiary/aromatic N) is 3. The quantitative estimate of drug-likeness (QED) is 0.768. The van der Waals surface area contributed by atoms with E-state index in [1.165, 1.54) is 7.11 Å². The van der Waals surface area contributed by atoms with Crippen molar-refractivity contribution in [3.63, 3.8) is 0 Å². The molecule has 0 radical (unpaired) electrons. The first-order valence-electron chi connectivity index (χ1n) is 7.58. The van der Waals surface area contributed by atoms with Crippen molar-refractivity contribution in [2.45, 2.75) is 19.0 Å². The van der Waals surface area contributed by atoms with Crippen molar-refractivity contribution in [2.24, 2.45) is 0 Å². The summed E-state index contributed by atoms with van der Waals surface area (Å²) in [5.41, 5.74) is -0.856. The fourth-order valence-electron chi connectivity index (χ4n) is 2.58. The third-order valence-electron chi connectivity index (χ3n) is 3.90. The Hall–Kier alpha value is -1.54. The van der Waals surface area contributed by atoms with Crippen LogP contribution in [0.4, 0.5) is 19.0 Å². The summed E-state index contributed by atoms with van der Waals surface area (Å²) in [5, 5.41) is -0.00663. The second-order valence-corrected chi connectivity index (χ2v) is 5.94. The van der Waals surface area contributed by atoms with Gasteiger partial charge in [0.25, 0.3) is 0 Å². The van der Waals surface area contributed by atoms with Gasteiger partial charge in [-0.25, -0.2) is 4.98 Å². The zero-order valence-corrected chi connectivity index (χ0v) is 14.0. The van der Waals surface area contributed by atoms with E-state index in [9.17, 15) is 18.0 Å². The van der Waals surface area contributed by atoms with Crippen molar-refractivity contribution in [1.82, 2.24) is 9.88 Å². The van der Waals surface area contributed by atoms with Crippen LogP contribution >= 0.6 is 11.6 Å². The molecule has 0 saturated carbocycles. The van der Waals surface area contributed by atoms with E-state index >= 15 is 0 Å². The summed E-state index contributed by atoms with van der Waals surface area (Å²) in [6.45, 7) is 3.29. The Morgan fingerprint density at radius 1 is 1.33 bits per heavy atom. The number of halogens is 4. The van der Waals surface area contributed by atoms with E-state index in [1.54, 1.807) is 0 Å². The van der Waals surface area contributed by atoms with Crippen LogP contribution in [0.15, 0.2) is 12.3 Å². The summed E-state index contributed by atoms with van der Waals surface area (Å²) in [4.78, 5) is 19.1. The molecule has 0 atom stereocenters. The lowest BCUT2D eigenvalue weighted by Crippen LogP contribution is -2.32. The number of alkyl halides is 3. The van der Waals surface area contributed by atoms with Crippen molar-refractivity contribution in [3.05, 3.63) is 22.8 Å². The molecule has 1 aromatic heterocycles. The molecular formula is C15H19ClF3N3O2. The molecule has 2 heterocycles. The zero-order chi connectivity index (χ0) is 17.7. The highest BCUT2D eigenvalue weighted by atomic mass is 35.5. The van der Waals surface area contributed by atoms with Gasteiger partial charge in [0, 0.05) is 32.4 Å². The second-order valence-electron chi connectivity index (χ2n) is 5.54. The first-order valence-corrected chi connectivity index (χ1v) is 7.96. The predicted molar refractivity (Wildman–Crippen MR) is 84.2 cm³/mol. The standard InChI is InChI=1S/C15H19ClF3N3O2/c1-24-13(23)3-6-21-4-2-5-22(8-7-21)14-12(16)9-11(10-20-14)15(17,18)19/h9-10H,2-8H2,1H3. The predicted octanol–water partition coefficient (Wildman–Crippen LogP) is 2.83. The molecule has 5 nitrogen and oxygen atoms in total. The maximum atomic E-state index is 12.7. The summed E-state index contributed by atoms with van der Waals surface area (Å²) in [6.07, 6.45) is -2.53. The van der Waals surface area contributed by atoms with Crippen molar-refractivity contribution in [2.75, 3.05) is 44.7 Å². The number of rotatable bonds is 4. The van der Waals surface area contributed by atoms with Crippen LogP contribution in [0.3, 0.4) is 0 Å². The average Bonchev–Trinajstić information content (AvgIpc) is 2.77. The van der Waals surface area contributed by atoms with Gasteiger partial charge in [-0.1, -0.05) is 11.6 Å². The molecule has 0 amide bonds. The van der Waals surface area contributed by atoms with Crippen LogP contribution in [0.2, 0.25) is 5.02 Å². The molecule has 24 heavy (non-hydrogen) atoms. The van der Waals surface area contributed by atoms with Crippen LogP contribution in [-0.4, -0.2) is 55.7 Å². The Balaban J connectivity index is 2.00. The SMILES string of the molecule is COC(=O)CCN1CCCN(c2ncc(C(F)(F)F)cc2Cl)CC1. The molecule has 1 aliphatic heterocycles. The molecule has 0 bridgehead atoms. The minimum Gasteiger partial charge on any atom is -0.469 e. The summed E-state index contributed by atoms with van der Waals surface area (Å²) in [5.74, 6) is 0.100. The molecule has 1 saturated heterocycles. The van der Waals surface area contributed by atoms with E-state index < -0.39 is 11.7 Å². The molecule has 0 spiro atoms. The number of hydrogen-bond donors (Lipinski definition) is 0. The maximum Gasteiger partial charge on any atom is 0.417 e. The molecular weight excluding hydrogens is 347 g/mol. The van der Waals surface area contributed by atoms with E-state index in [4.69, 9.17) is 11.6 Å². The highest BCUT2D eigenvalue weighted by Crippen LogP contribution is 2.33. The number of carbonyl (C=O) groups is 1. The van der Waals surface area contributed by atoms with Gasteiger partial charge in [0.15, 0.2) is 0 Å². The maximum absolute atomic E-state index is 12.7. The van der Waals surface area contributed by atoms with Crippen LogP contribution in [0.25, 0.3) is 0 Å². The first-order chi connectivity index (χ1) is 11.3. The van der Waals surface area contributed by atoms with Gasteiger partial charge in [0.05, 0.1) is 24.1 Å². The van der Waals surface area contributed by atoms with Gasteiger partial charge in [-0.3, -0.25) is 4.79 Å². The van der Waals surface area contributed by atoms with Crippen LogP contribution < -0.4 is 4.90 Å².